The number of aromatic nitrogens is 7. The van der Waals surface area contributed by atoms with Gasteiger partial charge in [-0.05, 0) is 88.8 Å². The number of aliphatic hydroxyl groups excluding tert-OH is 1. The second-order valence-corrected chi connectivity index (χ2v) is 16.8. The van der Waals surface area contributed by atoms with Crippen LogP contribution in [-0.4, -0.2) is 102 Å². The molecule has 1 unspecified atom stereocenters. The maximum atomic E-state index is 12.9. The lowest BCUT2D eigenvalue weighted by molar-refractivity contribution is -0.135. The third kappa shape index (κ3) is 7.91. The summed E-state index contributed by atoms with van der Waals surface area (Å²) >= 11 is 0. The molecule has 7 heterocycles. The van der Waals surface area contributed by atoms with Crippen molar-refractivity contribution in [2.75, 3.05) is 42.6 Å². The number of carbonyl (C=O) groups is 2. The van der Waals surface area contributed by atoms with Gasteiger partial charge in [0.05, 0.1) is 40.6 Å². The van der Waals surface area contributed by atoms with Crippen molar-refractivity contribution < 1.29 is 24.2 Å². The average molecular weight is 793 g/mol. The van der Waals surface area contributed by atoms with E-state index in [0.29, 0.717) is 18.4 Å². The Labute approximate surface area is 335 Å². The van der Waals surface area contributed by atoms with E-state index >= 15 is 0 Å². The van der Waals surface area contributed by atoms with E-state index in [0.717, 1.165) is 122 Å². The number of hydrogen-bond donors (Lipinski definition) is 3. The van der Waals surface area contributed by atoms with Crippen LogP contribution in [0.15, 0.2) is 47.7 Å². The van der Waals surface area contributed by atoms with Gasteiger partial charge in [-0.25, -0.2) is 19.7 Å². The second-order valence-electron chi connectivity index (χ2n) is 16.8. The van der Waals surface area contributed by atoms with Crippen LogP contribution in [-0.2, 0) is 21.4 Å². The summed E-state index contributed by atoms with van der Waals surface area (Å²) in [6, 6.07) is 9.22. The minimum atomic E-state index is -0.650. The van der Waals surface area contributed by atoms with E-state index < -0.39 is 11.9 Å². The number of carbonyl (C=O) groups excluding carboxylic acids is 2. The number of pyridine rings is 1. The van der Waals surface area contributed by atoms with E-state index in [1.165, 1.54) is 23.8 Å². The number of aryl methyl sites for hydroxylation is 1. The van der Waals surface area contributed by atoms with Gasteiger partial charge >= 0.3 is 5.69 Å². The number of rotatable bonds is 9. The number of imidazole rings is 1. The van der Waals surface area contributed by atoms with Crippen LogP contribution in [0, 0.1) is 5.92 Å². The number of nitrogens with zero attached hydrogens (tertiary/aromatic N) is 8. The average Bonchev–Trinajstić information content (AvgIpc) is 3.70. The number of anilines is 2. The zero-order valence-corrected chi connectivity index (χ0v) is 33.2. The van der Waals surface area contributed by atoms with Crippen molar-refractivity contribution in [1.29, 1.82) is 0 Å². The minimum absolute atomic E-state index is 0.0779. The molecule has 0 spiro atoms. The predicted octanol–water partition coefficient (Wildman–Crippen LogP) is 4.41. The third-order valence-electron chi connectivity index (χ3n) is 12.6. The van der Waals surface area contributed by atoms with Crippen molar-refractivity contribution >= 4 is 45.3 Å². The molecular weight excluding hydrogens is 741 g/mol. The first-order valence-corrected chi connectivity index (χ1v) is 20.8. The van der Waals surface area contributed by atoms with E-state index in [9.17, 15) is 19.5 Å². The van der Waals surface area contributed by atoms with Gasteiger partial charge in [0.15, 0.2) is 0 Å². The number of piperidine rings is 3. The first-order chi connectivity index (χ1) is 28.1. The molecule has 5 fully saturated rings. The molecule has 1 aromatic carbocycles. The maximum Gasteiger partial charge on any atom is 0.329 e. The molecule has 0 bridgehead atoms. The molecule has 5 aromatic rings. The summed E-state index contributed by atoms with van der Waals surface area (Å²) in [5.74, 6) is 1.56. The highest BCUT2D eigenvalue weighted by molar-refractivity contribution is 6.00. The maximum absolute atomic E-state index is 12.9. The topological polar surface area (TPSA) is 186 Å². The molecule has 1 atom stereocenters. The van der Waals surface area contributed by atoms with E-state index in [1.807, 2.05) is 30.3 Å². The first kappa shape index (κ1) is 38.2. The minimum Gasteiger partial charge on any atom is -0.471 e. The van der Waals surface area contributed by atoms with Gasteiger partial charge in [-0.2, -0.15) is 5.10 Å². The van der Waals surface area contributed by atoms with Crippen LogP contribution in [0.2, 0.25) is 0 Å². The Balaban J connectivity index is 0.000000152. The molecule has 3 N–H and O–H groups in total. The zero-order chi connectivity index (χ0) is 40.0. The number of aliphatic hydroxyl groups is 1. The van der Waals surface area contributed by atoms with Crippen LogP contribution in [0.1, 0.15) is 83.6 Å². The highest BCUT2D eigenvalue weighted by atomic mass is 16.5. The molecular formula is C42H52N10O6. The van der Waals surface area contributed by atoms with Gasteiger partial charge in [-0.15, -0.1) is 0 Å². The van der Waals surface area contributed by atoms with Crippen molar-refractivity contribution in [2.45, 2.75) is 101 Å². The van der Waals surface area contributed by atoms with Gasteiger partial charge in [-0.3, -0.25) is 29.1 Å². The van der Waals surface area contributed by atoms with Crippen LogP contribution in [0.3, 0.4) is 0 Å². The number of fused-ring (bicyclic) bond motifs is 2. The van der Waals surface area contributed by atoms with Crippen molar-refractivity contribution in [3.63, 3.8) is 0 Å². The molecule has 5 aliphatic rings. The highest BCUT2D eigenvalue weighted by Crippen LogP contribution is 2.40. The van der Waals surface area contributed by atoms with E-state index in [2.05, 4.69) is 47.2 Å². The Morgan fingerprint density at radius 2 is 1.67 bits per heavy atom. The molecule has 16 nitrogen and oxygen atoms in total. The Hall–Kier alpha value is -5.35. The summed E-state index contributed by atoms with van der Waals surface area (Å²) in [7, 11) is 1.73. The lowest BCUT2D eigenvalue weighted by Crippen LogP contribution is -2.44. The number of hydrogen-bond acceptors (Lipinski definition) is 12. The summed E-state index contributed by atoms with van der Waals surface area (Å²) < 4.78 is 15.2. The van der Waals surface area contributed by atoms with E-state index in [4.69, 9.17) is 9.47 Å². The van der Waals surface area contributed by atoms with E-state index in [1.54, 1.807) is 24.1 Å². The summed E-state index contributed by atoms with van der Waals surface area (Å²) in [6.45, 7) is 6.46. The SMILES string of the molecule is CC1(Oc2cc3c(-c4cc(N5CCC(O)CC5)ncn4)n[nH]c3cn2)CC1.Cn1c(=O)n(C2CCC(=O)NC2=O)c2ccc(N3CCC(OCC4CCC4)CC3)cc21. The monoisotopic (exact) mass is 792 g/mol. The fraction of sp³-hybridized carbons (Fsp3) is 0.548. The molecule has 4 aromatic heterocycles. The lowest BCUT2D eigenvalue weighted by Gasteiger charge is -2.35. The molecule has 306 valence electrons. The van der Waals surface area contributed by atoms with Gasteiger partial charge in [-0.1, -0.05) is 6.42 Å². The van der Waals surface area contributed by atoms with Gasteiger partial charge in [0.1, 0.15) is 29.5 Å². The fourth-order valence-electron chi connectivity index (χ4n) is 8.41. The molecule has 0 radical (unpaired) electrons. The van der Waals surface area contributed by atoms with Crippen molar-refractivity contribution in [2.24, 2.45) is 13.0 Å². The summed E-state index contributed by atoms with van der Waals surface area (Å²) in [6.07, 6.45) is 13.7. The molecule has 16 heteroatoms. The second kappa shape index (κ2) is 15.8. The molecule has 2 aliphatic carbocycles. The van der Waals surface area contributed by atoms with Crippen molar-refractivity contribution in [1.82, 2.24) is 39.6 Å². The van der Waals surface area contributed by atoms with Gasteiger partial charge < -0.3 is 24.4 Å². The number of ether oxygens (including phenoxy) is 2. The Kier molecular flexibility index (Phi) is 10.4. The van der Waals surface area contributed by atoms with Gasteiger partial charge in [0.2, 0.25) is 17.7 Å². The number of H-pyrrole nitrogens is 1. The molecule has 2 saturated carbocycles. The van der Waals surface area contributed by atoms with E-state index in [-0.39, 0.29) is 29.7 Å². The summed E-state index contributed by atoms with van der Waals surface area (Å²) in [5.41, 5.74) is 4.67. The third-order valence-corrected chi connectivity index (χ3v) is 12.6. The first-order valence-electron chi connectivity index (χ1n) is 20.8. The van der Waals surface area contributed by atoms with Gasteiger partial charge in [0, 0.05) is 69.5 Å². The van der Waals surface area contributed by atoms with Crippen LogP contribution in [0.4, 0.5) is 11.5 Å². The Morgan fingerprint density at radius 1 is 0.897 bits per heavy atom. The predicted molar refractivity (Wildman–Crippen MR) is 218 cm³/mol. The molecule has 3 aliphatic heterocycles. The quantitative estimate of drug-likeness (QED) is 0.179. The molecule has 58 heavy (non-hydrogen) atoms. The fourth-order valence-corrected chi connectivity index (χ4v) is 8.41. The van der Waals surface area contributed by atoms with Crippen LogP contribution in [0.25, 0.3) is 33.3 Å². The van der Waals surface area contributed by atoms with Crippen LogP contribution in [0.5, 0.6) is 5.88 Å². The van der Waals surface area contributed by atoms with Crippen LogP contribution >= 0.6 is 0 Å². The Morgan fingerprint density at radius 3 is 2.40 bits per heavy atom. The standard InChI is InChI=1S/C23H30N4O4.C19H22N6O2/c1-25-20-13-16(26-11-9-17(10-12-26)31-14-15-3-2-4-15)5-6-18(20)27(23(25)30)19-7-8-21(28)24-22(19)29;1-19(4-5-19)27-17-8-13-15(10-20-17)23-24-18(13)14-9-16(22-11-21-14)25-6-2-12(26)3-7-25/h5-6,13,15,17,19H,2-4,7-12,14H2,1H3,(H,24,28,29);8-12,26H,2-7H2,1H3,(H,23,24). The number of benzene rings is 1. The largest absolute Gasteiger partial charge is 0.471 e. The highest BCUT2D eigenvalue weighted by Gasteiger charge is 2.40. The van der Waals surface area contributed by atoms with Crippen molar-refractivity contribution in [3.05, 3.63) is 53.3 Å². The number of imide groups is 1. The molecule has 3 saturated heterocycles. The number of amides is 2. The number of aromatic amines is 1. The normalized spacial score (nSPS) is 21.5. The lowest BCUT2D eigenvalue weighted by atomic mass is 9.86. The Bertz CT molecular complexity index is 2360. The van der Waals surface area contributed by atoms with Crippen molar-refractivity contribution in [3.8, 4) is 17.3 Å². The summed E-state index contributed by atoms with van der Waals surface area (Å²) in [4.78, 5) is 54.5. The molecule has 2 amide bonds. The smallest absolute Gasteiger partial charge is 0.329 e. The van der Waals surface area contributed by atoms with Crippen LogP contribution < -0.4 is 25.5 Å². The zero-order valence-electron chi connectivity index (χ0n) is 33.2. The number of nitrogens with one attached hydrogen (secondary N) is 2. The molecule has 10 rings (SSSR count). The van der Waals surface area contributed by atoms with Gasteiger partial charge in [0.25, 0.3) is 0 Å². The summed E-state index contributed by atoms with van der Waals surface area (Å²) in [5, 5.41) is 20.5.